The molecule has 0 unspecified atom stereocenters. The Morgan fingerprint density at radius 2 is 1.97 bits per heavy atom. The molecule has 1 aliphatic rings. The van der Waals surface area contributed by atoms with Gasteiger partial charge < -0.3 is 16.0 Å². The number of pyridine rings is 1. The van der Waals surface area contributed by atoms with Gasteiger partial charge in [0.2, 0.25) is 27.7 Å². The Morgan fingerprint density at radius 1 is 1.23 bits per heavy atom. The number of carbonyl (C=O) groups is 3. The van der Waals surface area contributed by atoms with Crippen molar-refractivity contribution in [2.75, 3.05) is 18.4 Å². The van der Waals surface area contributed by atoms with Crippen LogP contribution in [0.25, 0.3) is 0 Å². The molecule has 164 valence electrons. The normalized spacial score (nSPS) is 16.9. The summed E-state index contributed by atoms with van der Waals surface area (Å²) >= 11 is 0. The molecule has 2 aromatic rings. The van der Waals surface area contributed by atoms with Crippen LogP contribution in [0, 0.1) is 0 Å². The van der Waals surface area contributed by atoms with Crippen LogP contribution in [0.15, 0.2) is 53.7 Å². The number of piperazine rings is 1. The smallest absolute Gasteiger partial charge is 0.243 e. The van der Waals surface area contributed by atoms with E-state index < -0.39 is 27.9 Å². The number of nitrogens with zero attached hydrogens (tertiary/aromatic N) is 2. The summed E-state index contributed by atoms with van der Waals surface area (Å²) in [5.74, 6) is -1.26. The molecule has 2 heterocycles. The third-order valence-corrected chi connectivity index (χ3v) is 6.58. The van der Waals surface area contributed by atoms with E-state index in [1.807, 2.05) is 0 Å². The van der Waals surface area contributed by atoms with Gasteiger partial charge >= 0.3 is 0 Å². The van der Waals surface area contributed by atoms with Crippen molar-refractivity contribution in [3.63, 3.8) is 0 Å². The molecule has 11 heteroatoms. The SMILES string of the molecule is CC(=O)Nc1ccc(S(=O)(=O)N2CCNC(=O)[C@H]2CC(=O)NCc2cccnc2)cc1. The molecular formula is C20H23N5O5S. The van der Waals surface area contributed by atoms with Gasteiger partial charge in [0.05, 0.1) is 11.3 Å². The number of anilines is 1. The summed E-state index contributed by atoms with van der Waals surface area (Å²) in [7, 11) is -4.03. The van der Waals surface area contributed by atoms with Crippen LogP contribution in [0.2, 0.25) is 0 Å². The van der Waals surface area contributed by atoms with Crippen molar-refractivity contribution in [1.29, 1.82) is 0 Å². The van der Waals surface area contributed by atoms with Crippen LogP contribution in [0.3, 0.4) is 0 Å². The van der Waals surface area contributed by atoms with Gasteiger partial charge in [-0.3, -0.25) is 19.4 Å². The van der Waals surface area contributed by atoms with Crippen LogP contribution in [0.4, 0.5) is 5.69 Å². The fourth-order valence-electron chi connectivity index (χ4n) is 3.18. The van der Waals surface area contributed by atoms with E-state index in [2.05, 4.69) is 20.9 Å². The predicted molar refractivity (Wildman–Crippen MR) is 112 cm³/mol. The van der Waals surface area contributed by atoms with Gasteiger partial charge in [-0.2, -0.15) is 4.31 Å². The lowest BCUT2D eigenvalue weighted by atomic mass is 10.1. The monoisotopic (exact) mass is 445 g/mol. The average molecular weight is 446 g/mol. The maximum atomic E-state index is 13.2. The highest BCUT2D eigenvalue weighted by atomic mass is 32.2. The molecule has 0 saturated carbocycles. The van der Waals surface area contributed by atoms with Crippen LogP contribution in [0.1, 0.15) is 18.9 Å². The Morgan fingerprint density at radius 3 is 2.61 bits per heavy atom. The number of carbonyl (C=O) groups excluding carboxylic acids is 3. The maximum Gasteiger partial charge on any atom is 0.243 e. The number of rotatable bonds is 7. The maximum absolute atomic E-state index is 13.2. The summed E-state index contributed by atoms with van der Waals surface area (Å²) in [6, 6.07) is 8.01. The molecule has 3 rings (SSSR count). The summed E-state index contributed by atoms with van der Waals surface area (Å²) in [4.78, 5) is 39.9. The molecule has 0 aliphatic carbocycles. The van der Waals surface area contributed by atoms with Crippen LogP contribution in [0.5, 0.6) is 0 Å². The Kier molecular flexibility index (Phi) is 6.98. The molecular weight excluding hydrogens is 422 g/mol. The van der Waals surface area contributed by atoms with Gasteiger partial charge in [-0.15, -0.1) is 0 Å². The average Bonchev–Trinajstić information content (AvgIpc) is 2.74. The van der Waals surface area contributed by atoms with Crippen molar-refractivity contribution in [2.45, 2.75) is 30.8 Å². The number of hydrogen-bond acceptors (Lipinski definition) is 6. The van der Waals surface area contributed by atoms with Gasteiger partial charge in [0.25, 0.3) is 0 Å². The van der Waals surface area contributed by atoms with Crippen LogP contribution in [-0.2, 0) is 31.0 Å². The van der Waals surface area contributed by atoms with Gasteiger partial charge in [-0.05, 0) is 35.9 Å². The number of sulfonamides is 1. The van der Waals surface area contributed by atoms with E-state index in [0.717, 1.165) is 9.87 Å². The second kappa shape index (κ2) is 9.67. The molecule has 0 bridgehead atoms. The zero-order valence-electron chi connectivity index (χ0n) is 16.9. The molecule has 0 spiro atoms. The van der Waals surface area contributed by atoms with Crippen LogP contribution in [-0.4, -0.2) is 54.6 Å². The molecule has 1 aromatic heterocycles. The summed E-state index contributed by atoms with van der Waals surface area (Å²) in [6.45, 7) is 1.76. The van der Waals surface area contributed by atoms with E-state index in [0.29, 0.717) is 5.69 Å². The zero-order valence-corrected chi connectivity index (χ0v) is 17.7. The third kappa shape index (κ3) is 5.64. The second-order valence-electron chi connectivity index (χ2n) is 6.97. The molecule has 3 N–H and O–H groups in total. The lowest BCUT2D eigenvalue weighted by Crippen LogP contribution is -2.58. The predicted octanol–water partition coefficient (Wildman–Crippen LogP) is 0.236. The van der Waals surface area contributed by atoms with Gasteiger partial charge in [0.15, 0.2) is 0 Å². The minimum absolute atomic E-state index is 0.0305. The third-order valence-electron chi connectivity index (χ3n) is 4.65. The van der Waals surface area contributed by atoms with Crippen molar-refractivity contribution in [3.8, 4) is 0 Å². The first-order chi connectivity index (χ1) is 14.8. The number of aromatic nitrogens is 1. The lowest BCUT2D eigenvalue weighted by molar-refractivity contribution is -0.131. The van der Waals surface area contributed by atoms with Crippen molar-refractivity contribution in [1.82, 2.24) is 19.9 Å². The van der Waals surface area contributed by atoms with Gasteiger partial charge in [0.1, 0.15) is 6.04 Å². The number of benzene rings is 1. The van der Waals surface area contributed by atoms with Gasteiger partial charge in [0, 0.05) is 44.6 Å². The quantitative estimate of drug-likeness (QED) is 0.558. The molecule has 0 radical (unpaired) electrons. The summed E-state index contributed by atoms with van der Waals surface area (Å²) < 4.78 is 27.4. The molecule has 1 fully saturated rings. The highest BCUT2D eigenvalue weighted by Crippen LogP contribution is 2.23. The van der Waals surface area contributed by atoms with E-state index in [4.69, 9.17) is 0 Å². The topological polar surface area (TPSA) is 138 Å². The highest BCUT2D eigenvalue weighted by molar-refractivity contribution is 7.89. The zero-order chi connectivity index (χ0) is 22.4. The van der Waals surface area contributed by atoms with E-state index >= 15 is 0 Å². The van der Waals surface area contributed by atoms with Gasteiger partial charge in [-0.25, -0.2) is 8.42 Å². The van der Waals surface area contributed by atoms with E-state index in [-0.39, 0.29) is 36.9 Å². The van der Waals surface area contributed by atoms with E-state index in [9.17, 15) is 22.8 Å². The molecule has 1 saturated heterocycles. The summed E-state index contributed by atoms with van der Waals surface area (Å²) in [6.07, 6.45) is 2.91. The number of amides is 3. The summed E-state index contributed by atoms with van der Waals surface area (Å²) in [5, 5.41) is 7.86. The van der Waals surface area contributed by atoms with E-state index in [1.54, 1.807) is 24.5 Å². The molecule has 1 aromatic carbocycles. The summed E-state index contributed by atoms with van der Waals surface area (Å²) in [5.41, 5.74) is 1.24. The van der Waals surface area contributed by atoms with Crippen molar-refractivity contribution in [2.24, 2.45) is 0 Å². The fraction of sp³-hybridized carbons (Fsp3) is 0.300. The van der Waals surface area contributed by atoms with Crippen molar-refractivity contribution < 1.29 is 22.8 Å². The fourth-order valence-corrected chi connectivity index (χ4v) is 4.76. The molecule has 3 amide bonds. The largest absolute Gasteiger partial charge is 0.353 e. The second-order valence-corrected chi connectivity index (χ2v) is 8.86. The molecule has 1 atom stereocenters. The van der Waals surface area contributed by atoms with E-state index in [1.165, 1.54) is 31.2 Å². The first-order valence-corrected chi connectivity index (χ1v) is 11.0. The number of nitrogens with one attached hydrogen (secondary N) is 3. The lowest BCUT2D eigenvalue weighted by Gasteiger charge is -2.33. The minimum atomic E-state index is -4.03. The first-order valence-electron chi connectivity index (χ1n) is 9.60. The van der Waals surface area contributed by atoms with Crippen molar-refractivity contribution in [3.05, 3.63) is 54.4 Å². The Balaban J connectivity index is 1.73. The Hall–Kier alpha value is -3.31. The molecule has 31 heavy (non-hydrogen) atoms. The standard InChI is InChI=1S/C20H23N5O5S/c1-14(26)24-16-4-6-17(7-5-16)31(29,30)25-10-9-22-20(28)18(25)11-19(27)23-13-15-3-2-8-21-12-15/h2-8,12,18H,9-11,13H2,1H3,(H,22,28)(H,23,27)(H,24,26)/t18-/m1/s1. The first kappa shape index (κ1) is 22.4. The highest BCUT2D eigenvalue weighted by Gasteiger charge is 2.39. The molecule has 1 aliphatic heterocycles. The van der Waals surface area contributed by atoms with Crippen LogP contribution < -0.4 is 16.0 Å². The van der Waals surface area contributed by atoms with Crippen LogP contribution >= 0.6 is 0 Å². The Bertz CT molecular complexity index is 1060. The molecule has 10 nitrogen and oxygen atoms in total. The number of hydrogen-bond donors (Lipinski definition) is 3. The Labute approximate surface area is 180 Å². The van der Waals surface area contributed by atoms with Gasteiger partial charge in [-0.1, -0.05) is 6.07 Å². The minimum Gasteiger partial charge on any atom is -0.353 e. The van der Waals surface area contributed by atoms with Crippen molar-refractivity contribution >= 4 is 33.4 Å².